The third-order valence-electron chi connectivity index (χ3n) is 2.89. The number of rotatable bonds is 6. The monoisotopic (exact) mass is 300 g/mol. The third-order valence-corrected chi connectivity index (χ3v) is 2.89. The average Bonchev–Trinajstić information content (AvgIpc) is 2.42. The summed E-state index contributed by atoms with van der Waals surface area (Å²) in [6.07, 6.45) is 0.938. The van der Waals surface area contributed by atoms with Crippen LogP contribution in [0, 0.1) is 5.92 Å². The number of aryl methyl sites for hydroxylation is 1. The number of benzene rings is 1. The number of carbonyl (C=O) groups is 2. The summed E-state index contributed by atoms with van der Waals surface area (Å²) in [7, 11) is 1.33. The molecule has 0 heterocycles. The predicted molar refractivity (Wildman–Crippen MR) is 80.6 cm³/mol. The SMILES string of the molecule is COC(=O)C(C)CNC(=O)CCc1ccccc1N.Cl. The molecule has 3 N–H and O–H groups in total. The van der Waals surface area contributed by atoms with Crippen molar-refractivity contribution in [3.05, 3.63) is 29.8 Å². The Labute approximate surface area is 125 Å². The summed E-state index contributed by atoms with van der Waals surface area (Å²) >= 11 is 0. The van der Waals surface area contributed by atoms with E-state index in [1.54, 1.807) is 6.92 Å². The lowest BCUT2D eigenvalue weighted by atomic mass is 10.1. The molecule has 20 heavy (non-hydrogen) atoms. The normalized spacial score (nSPS) is 11.1. The van der Waals surface area contributed by atoms with Crippen LogP contribution in [0.2, 0.25) is 0 Å². The molecule has 5 nitrogen and oxygen atoms in total. The van der Waals surface area contributed by atoms with E-state index >= 15 is 0 Å². The van der Waals surface area contributed by atoms with Crippen LogP contribution in [0.25, 0.3) is 0 Å². The molecule has 0 radical (unpaired) electrons. The summed E-state index contributed by atoms with van der Waals surface area (Å²) in [6.45, 7) is 2.00. The zero-order valence-corrected chi connectivity index (χ0v) is 12.5. The molecule has 6 heteroatoms. The Kier molecular flexibility index (Phi) is 8.40. The molecule has 0 fully saturated rings. The van der Waals surface area contributed by atoms with Crippen LogP contribution in [-0.4, -0.2) is 25.5 Å². The van der Waals surface area contributed by atoms with Gasteiger partial charge in [0.15, 0.2) is 0 Å². The van der Waals surface area contributed by atoms with E-state index in [2.05, 4.69) is 10.1 Å². The van der Waals surface area contributed by atoms with Crippen molar-refractivity contribution in [2.24, 2.45) is 5.92 Å². The van der Waals surface area contributed by atoms with Gasteiger partial charge in [0.05, 0.1) is 13.0 Å². The minimum absolute atomic E-state index is 0. The highest BCUT2D eigenvalue weighted by Gasteiger charge is 2.14. The topological polar surface area (TPSA) is 81.4 Å². The lowest BCUT2D eigenvalue weighted by Gasteiger charge is -2.10. The number of nitrogens with one attached hydrogen (secondary N) is 1. The van der Waals surface area contributed by atoms with Gasteiger partial charge in [-0.05, 0) is 18.1 Å². The van der Waals surface area contributed by atoms with Crippen molar-refractivity contribution in [1.29, 1.82) is 0 Å². The number of ether oxygens (including phenoxy) is 1. The fraction of sp³-hybridized carbons (Fsp3) is 0.429. The van der Waals surface area contributed by atoms with Crippen LogP contribution < -0.4 is 11.1 Å². The highest BCUT2D eigenvalue weighted by molar-refractivity contribution is 5.85. The first-order valence-corrected chi connectivity index (χ1v) is 6.22. The number of hydrogen-bond donors (Lipinski definition) is 2. The van der Waals surface area contributed by atoms with Crippen LogP contribution in [0.1, 0.15) is 18.9 Å². The molecule has 1 aromatic rings. The van der Waals surface area contributed by atoms with Gasteiger partial charge in [0.1, 0.15) is 0 Å². The highest BCUT2D eigenvalue weighted by Crippen LogP contribution is 2.12. The zero-order valence-electron chi connectivity index (χ0n) is 11.7. The minimum atomic E-state index is -0.337. The summed E-state index contributed by atoms with van der Waals surface area (Å²) in [4.78, 5) is 22.8. The standard InChI is InChI=1S/C14H20N2O3.ClH/c1-10(14(18)19-2)9-16-13(17)8-7-11-5-3-4-6-12(11)15;/h3-6,10H,7-9,15H2,1-2H3,(H,16,17);1H. The summed E-state index contributed by atoms with van der Waals surface area (Å²) in [5.41, 5.74) is 7.44. The average molecular weight is 301 g/mol. The Morgan fingerprint density at radius 3 is 2.60 bits per heavy atom. The fourth-order valence-electron chi connectivity index (χ4n) is 1.65. The predicted octanol–water partition coefficient (Wildman–Crippen LogP) is 1.55. The number of para-hydroxylation sites is 1. The second kappa shape index (κ2) is 9.20. The van der Waals surface area contributed by atoms with Crippen LogP contribution in [0.3, 0.4) is 0 Å². The molecule has 0 spiro atoms. The molecule has 1 rings (SSSR count). The second-order valence-electron chi connectivity index (χ2n) is 4.43. The van der Waals surface area contributed by atoms with Gasteiger partial charge in [0.2, 0.25) is 5.91 Å². The fourth-order valence-corrected chi connectivity index (χ4v) is 1.65. The molecule has 1 amide bonds. The van der Waals surface area contributed by atoms with E-state index in [0.29, 0.717) is 18.5 Å². The first kappa shape index (κ1) is 18.2. The van der Waals surface area contributed by atoms with Gasteiger partial charge in [0, 0.05) is 18.7 Å². The smallest absolute Gasteiger partial charge is 0.310 e. The van der Waals surface area contributed by atoms with Gasteiger partial charge in [-0.1, -0.05) is 25.1 Å². The van der Waals surface area contributed by atoms with Crippen molar-refractivity contribution in [3.63, 3.8) is 0 Å². The molecule has 0 aromatic heterocycles. The Morgan fingerprint density at radius 2 is 2.00 bits per heavy atom. The first-order chi connectivity index (χ1) is 9.04. The maximum absolute atomic E-state index is 11.6. The molecule has 1 aromatic carbocycles. The number of nitrogens with two attached hydrogens (primary N) is 1. The number of methoxy groups -OCH3 is 1. The molecule has 1 unspecified atom stereocenters. The number of esters is 1. The van der Waals surface area contributed by atoms with Gasteiger partial charge >= 0.3 is 5.97 Å². The second-order valence-corrected chi connectivity index (χ2v) is 4.43. The molecule has 0 saturated heterocycles. The molecular formula is C14H21ClN2O3. The maximum Gasteiger partial charge on any atom is 0.310 e. The van der Waals surface area contributed by atoms with Gasteiger partial charge < -0.3 is 15.8 Å². The van der Waals surface area contributed by atoms with Gasteiger partial charge in [0.25, 0.3) is 0 Å². The number of hydrogen-bond acceptors (Lipinski definition) is 4. The quantitative estimate of drug-likeness (QED) is 0.617. The Hall–Kier alpha value is -1.75. The van der Waals surface area contributed by atoms with Crippen LogP contribution in [0.15, 0.2) is 24.3 Å². The van der Waals surface area contributed by atoms with Crippen molar-refractivity contribution in [2.75, 3.05) is 19.4 Å². The van der Waals surface area contributed by atoms with E-state index in [9.17, 15) is 9.59 Å². The van der Waals surface area contributed by atoms with Crippen molar-refractivity contribution >= 4 is 30.0 Å². The molecule has 0 aliphatic rings. The number of anilines is 1. The van der Waals surface area contributed by atoms with E-state index in [-0.39, 0.29) is 36.7 Å². The number of amides is 1. The first-order valence-electron chi connectivity index (χ1n) is 6.22. The van der Waals surface area contributed by atoms with E-state index < -0.39 is 0 Å². The molecule has 112 valence electrons. The Morgan fingerprint density at radius 1 is 1.35 bits per heavy atom. The van der Waals surface area contributed by atoms with E-state index in [0.717, 1.165) is 5.56 Å². The third kappa shape index (κ3) is 5.93. The molecule has 1 atom stereocenters. The molecule has 0 bridgehead atoms. The number of carbonyl (C=O) groups excluding carboxylic acids is 2. The number of nitrogen functional groups attached to an aromatic ring is 1. The lowest BCUT2D eigenvalue weighted by Crippen LogP contribution is -2.32. The van der Waals surface area contributed by atoms with Crippen LogP contribution in [-0.2, 0) is 20.7 Å². The van der Waals surface area contributed by atoms with E-state index in [1.807, 2.05) is 24.3 Å². The van der Waals surface area contributed by atoms with Crippen molar-refractivity contribution in [3.8, 4) is 0 Å². The van der Waals surface area contributed by atoms with E-state index in [4.69, 9.17) is 5.73 Å². The van der Waals surface area contributed by atoms with Crippen molar-refractivity contribution in [2.45, 2.75) is 19.8 Å². The summed E-state index contributed by atoms with van der Waals surface area (Å²) in [5.74, 6) is -0.762. The molecule has 0 saturated carbocycles. The van der Waals surface area contributed by atoms with E-state index in [1.165, 1.54) is 7.11 Å². The van der Waals surface area contributed by atoms with Crippen molar-refractivity contribution in [1.82, 2.24) is 5.32 Å². The van der Waals surface area contributed by atoms with Gasteiger partial charge in [-0.15, -0.1) is 12.4 Å². The number of halogens is 1. The van der Waals surface area contributed by atoms with Gasteiger partial charge in [-0.25, -0.2) is 0 Å². The van der Waals surface area contributed by atoms with Crippen LogP contribution >= 0.6 is 12.4 Å². The van der Waals surface area contributed by atoms with Crippen LogP contribution in [0.5, 0.6) is 0 Å². The summed E-state index contributed by atoms with van der Waals surface area (Å²) in [6, 6.07) is 7.46. The molecule has 0 aliphatic carbocycles. The summed E-state index contributed by atoms with van der Waals surface area (Å²) < 4.78 is 4.58. The Balaban J connectivity index is 0.00000361. The zero-order chi connectivity index (χ0) is 14.3. The molecular weight excluding hydrogens is 280 g/mol. The highest BCUT2D eigenvalue weighted by atomic mass is 35.5. The van der Waals surface area contributed by atoms with Gasteiger partial charge in [-0.2, -0.15) is 0 Å². The summed E-state index contributed by atoms with van der Waals surface area (Å²) in [5, 5.41) is 2.71. The lowest BCUT2D eigenvalue weighted by molar-refractivity contribution is -0.144. The minimum Gasteiger partial charge on any atom is -0.469 e. The van der Waals surface area contributed by atoms with Gasteiger partial charge in [-0.3, -0.25) is 9.59 Å². The van der Waals surface area contributed by atoms with Crippen LogP contribution in [0.4, 0.5) is 5.69 Å². The maximum atomic E-state index is 11.6. The largest absolute Gasteiger partial charge is 0.469 e. The van der Waals surface area contributed by atoms with Crippen molar-refractivity contribution < 1.29 is 14.3 Å². The Bertz CT molecular complexity index is 452. The molecule has 0 aliphatic heterocycles.